The second-order valence-corrected chi connectivity index (χ2v) is 9.86. The Bertz CT molecular complexity index is 922. The van der Waals surface area contributed by atoms with Crippen molar-refractivity contribution >= 4 is 23.4 Å². The number of hydrogen-bond acceptors (Lipinski definition) is 3. The van der Waals surface area contributed by atoms with Gasteiger partial charge < -0.3 is 15.0 Å². The molecule has 180 valence electrons. The minimum atomic E-state index is -0.594. The number of amides is 2. The molecule has 0 radical (unpaired) electrons. The molecule has 1 N–H and O–H groups in total. The Balaban J connectivity index is 2.27. The van der Waals surface area contributed by atoms with Crippen molar-refractivity contribution in [3.63, 3.8) is 0 Å². The summed E-state index contributed by atoms with van der Waals surface area (Å²) in [6, 6.07) is 14.5. The third-order valence-electron chi connectivity index (χ3n) is 5.70. The largest absolute Gasteiger partial charge is 0.483 e. The van der Waals surface area contributed by atoms with Gasteiger partial charge in [0.15, 0.2) is 6.61 Å². The molecule has 2 atom stereocenters. The van der Waals surface area contributed by atoms with Crippen LogP contribution in [0.2, 0.25) is 5.02 Å². The number of carbonyl (C=O) groups is 2. The van der Waals surface area contributed by atoms with Crippen molar-refractivity contribution < 1.29 is 14.3 Å². The molecular formula is C27H37ClN2O3. The summed E-state index contributed by atoms with van der Waals surface area (Å²) >= 11 is 6.03. The summed E-state index contributed by atoms with van der Waals surface area (Å²) < 4.78 is 6.00. The van der Waals surface area contributed by atoms with Gasteiger partial charge in [0.25, 0.3) is 5.91 Å². The van der Waals surface area contributed by atoms with E-state index >= 15 is 0 Å². The summed E-state index contributed by atoms with van der Waals surface area (Å²) in [5.41, 5.74) is 1.81. The van der Waals surface area contributed by atoms with E-state index in [0.29, 0.717) is 23.7 Å². The Morgan fingerprint density at radius 3 is 2.24 bits per heavy atom. The maximum Gasteiger partial charge on any atom is 0.261 e. The van der Waals surface area contributed by atoms with Crippen molar-refractivity contribution in [1.82, 2.24) is 10.2 Å². The van der Waals surface area contributed by atoms with Gasteiger partial charge in [-0.2, -0.15) is 0 Å². The molecule has 2 amide bonds. The van der Waals surface area contributed by atoms with Crippen molar-refractivity contribution in [2.24, 2.45) is 0 Å². The molecule has 2 unspecified atom stereocenters. The van der Waals surface area contributed by atoms with Gasteiger partial charge in [0.2, 0.25) is 5.91 Å². The highest BCUT2D eigenvalue weighted by atomic mass is 35.5. The summed E-state index contributed by atoms with van der Waals surface area (Å²) in [5, 5.41) is 3.64. The predicted octanol–water partition coefficient (Wildman–Crippen LogP) is 5.74. The highest BCUT2D eigenvalue weighted by Crippen LogP contribution is 2.31. The average Bonchev–Trinajstić information content (AvgIpc) is 2.78. The van der Waals surface area contributed by atoms with E-state index in [9.17, 15) is 9.59 Å². The van der Waals surface area contributed by atoms with Crippen LogP contribution in [-0.4, -0.2) is 35.4 Å². The van der Waals surface area contributed by atoms with Crippen LogP contribution in [0, 0.1) is 0 Å². The van der Waals surface area contributed by atoms with Gasteiger partial charge in [-0.1, -0.05) is 76.6 Å². The number of hydrogen-bond donors (Lipinski definition) is 1. The van der Waals surface area contributed by atoms with Crippen molar-refractivity contribution in [2.45, 2.75) is 78.4 Å². The number of nitrogens with zero attached hydrogens (tertiary/aromatic N) is 1. The van der Waals surface area contributed by atoms with Gasteiger partial charge in [0.1, 0.15) is 11.8 Å². The molecule has 2 aromatic rings. The van der Waals surface area contributed by atoms with Gasteiger partial charge in [-0.25, -0.2) is 0 Å². The second kappa shape index (κ2) is 12.1. The SMILES string of the molecule is CCC(C)NC(=O)C(CC)N(Cc1ccc(Cl)cc1)C(=O)COc1ccccc1C(C)(C)C. The van der Waals surface area contributed by atoms with E-state index in [1.54, 1.807) is 17.0 Å². The van der Waals surface area contributed by atoms with E-state index in [2.05, 4.69) is 26.1 Å². The van der Waals surface area contributed by atoms with Crippen LogP contribution in [0.25, 0.3) is 0 Å². The lowest BCUT2D eigenvalue weighted by molar-refractivity contribution is -0.143. The molecule has 0 fully saturated rings. The summed E-state index contributed by atoms with van der Waals surface area (Å²) in [6.07, 6.45) is 1.32. The molecule has 0 saturated carbocycles. The molecule has 0 aliphatic heterocycles. The zero-order chi connectivity index (χ0) is 24.6. The Morgan fingerprint density at radius 1 is 1.03 bits per heavy atom. The number of ether oxygens (including phenoxy) is 1. The fourth-order valence-corrected chi connectivity index (χ4v) is 3.71. The third kappa shape index (κ3) is 7.78. The fraction of sp³-hybridized carbons (Fsp3) is 0.481. The van der Waals surface area contributed by atoms with E-state index in [1.807, 2.05) is 57.2 Å². The number of carbonyl (C=O) groups excluding carboxylic acids is 2. The lowest BCUT2D eigenvalue weighted by Gasteiger charge is -2.31. The summed E-state index contributed by atoms with van der Waals surface area (Å²) in [7, 11) is 0. The van der Waals surface area contributed by atoms with Gasteiger partial charge in [0.05, 0.1) is 0 Å². The van der Waals surface area contributed by atoms with Crippen LogP contribution < -0.4 is 10.1 Å². The maximum atomic E-state index is 13.4. The van der Waals surface area contributed by atoms with Gasteiger partial charge in [-0.3, -0.25) is 9.59 Å². The van der Waals surface area contributed by atoms with Crippen molar-refractivity contribution in [3.05, 3.63) is 64.7 Å². The van der Waals surface area contributed by atoms with Crippen LogP contribution in [0.5, 0.6) is 5.75 Å². The van der Waals surface area contributed by atoms with E-state index in [1.165, 1.54) is 0 Å². The molecule has 0 aliphatic rings. The third-order valence-corrected chi connectivity index (χ3v) is 5.95. The Kier molecular flexibility index (Phi) is 9.78. The molecule has 0 heterocycles. The highest BCUT2D eigenvalue weighted by Gasteiger charge is 2.30. The lowest BCUT2D eigenvalue weighted by Crippen LogP contribution is -2.51. The molecule has 2 aromatic carbocycles. The number of nitrogens with one attached hydrogen (secondary N) is 1. The zero-order valence-corrected chi connectivity index (χ0v) is 21.4. The van der Waals surface area contributed by atoms with Crippen LogP contribution in [0.4, 0.5) is 0 Å². The van der Waals surface area contributed by atoms with Gasteiger partial charge in [0, 0.05) is 17.6 Å². The summed E-state index contributed by atoms with van der Waals surface area (Å²) in [6.45, 7) is 12.4. The van der Waals surface area contributed by atoms with Crippen molar-refractivity contribution in [1.29, 1.82) is 0 Å². The average molecular weight is 473 g/mol. The Labute approximate surface area is 203 Å². The van der Waals surface area contributed by atoms with Crippen molar-refractivity contribution in [3.8, 4) is 5.75 Å². The van der Waals surface area contributed by atoms with E-state index in [4.69, 9.17) is 16.3 Å². The van der Waals surface area contributed by atoms with Crippen LogP contribution in [0.3, 0.4) is 0 Å². The van der Waals surface area contributed by atoms with E-state index in [-0.39, 0.29) is 29.9 Å². The molecule has 0 aliphatic carbocycles. The molecular weight excluding hydrogens is 436 g/mol. The molecule has 5 nitrogen and oxygen atoms in total. The van der Waals surface area contributed by atoms with Crippen LogP contribution in [0.15, 0.2) is 48.5 Å². The highest BCUT2D eigenvalue weighted by molar-refractivity contribution is 6.30. The number of benzene rings is 2. The van der Waals surface area contributed by atoms with E-state index in [0.717, 1.165) is 17.5 Å². The van der Waals surface area contributed by atoms with Gasteiger partial charge >= 0.3 is 0 Å². The molecule has 33 heavy (non-hydrogen) atoms. The first-order chi connectivity index (χ1) is 15.6. The minimum Gasteiger partial charge on any atom is -0.483 e. The monoisotopic (exact) mass is 472 g/mol. The molecule has 0 spiro atoms. The van der Waals surface area contributed by atoms with Gasteiger partial charge in [-0.05, 0) is 54.5 Å². The molecule has 0 aromatic heterocycles. The van der Waals surface area contributed by atoms with Gasteiger partial charge in [-0.15, -0.1) is 0 Å². The molecule has 6 heteroatoms. The maximum absolute atomic E-state index is 13.4. The predicted molar refractivity (Wildman–Crippen MR) is 135 cm³/mol. The standard InChI is InChI=1S/C27H37ClN2O3/c1-7-19(3)29-26(32)23(8-2)30(17-20-13-15-21(28)16-14-20)25(31)18-33-24-12-10-9-11-22(24)27(4,5)6/h9-16,19,23H,7-8,17-18H2,1-6H3,(H,29,32). The number of para-hydroxylation sites is 1. The Hall–Kier alpha value is -2.53. The van der Waals surface area contributed by atoms with Crippen molar-refractivity contribution in [2.75, 3.05) is 6.61 Å². The van der Waals surface area contributed by atoms with Crippen LogP contribution in [0.1, 0.15) is 65.5 Å². The number of halogens is 1. The molecule has 2 rings (SSSR count). The smallest absolute Gasteiger partial charge is 0.261 e. The zero-order valence-electron chi connectivity index (χ0n) is 20.7. The summed E-state index contributed by atoms with van der Waals surface area (Å²) in [5.74, 6) is 0.297. The van der Waals surface area contributed by atoms with Crippen LogP contribution in [-0.2, 0) is 21.5 Å². The second-order valence-electron chi connectivity index (χ2n) is 9.42. The minimum absolute atomic E-state index is 0.0361. The van der Waals surface area contributed by atoms with E-state index < -0.39 is 6.04 Å². The first kappa shape index (κ1) is 26.7. The van der Waals surface area contributed by atoms with Crippen LogP contribution >= 0.6 is 11.6 Å². The topological polar surface area (TPSA) is 58.6 Å². The molecule has 0 saturated heterocycles. The Morgan fingerprint density at radius 2 is 1.67 bits per heavy atom. The number of rotatable bonds is 10. The fourth-order valence-electron chi connectivity index (χ4n) is 3.58. The normalized spacial score (nSPS) is 13.2. The summed E-state index contributed by atoms with van der Waals surface area (Å²) in [4.78, 5) is 28.0. The first-order valence-electron chi connectivity index (χ1n) is 11.6. The quantitative estimate of drug-likeness (QED) is 0.479. The molecule has 0 bridgehead atoms. The lowest BCUT2D eigenvalue weighted by atomic mass is 9.86. The first-order valence-corrected chi connectivity index (χ1v) is 12.0.